The monoisotopic (exact) mass is 506 g/mol. The van der Waals surface area contributed by atoms with Gasteiger partial charge in [-0.1, -0.05) is 47.5 Å². The molecule has 35 heavy (non-hydrogen) atoms. The highest BCUT2D eigenvalue weighted by Gasteiger charge is 2.26. The molecular formula is C26H17Cl2FN4O2. The van der Waals surface area contributed by atoms with Crippen molar-refractivity contribution in [2.75, 3.05) is 0 Å². The first kappa shape index (κ1) is 21.8. The average Bonchev–Trinajstić information content (AvgIpc) is 3.39. The molecule has 0 fully saturated rings. The second-order valence-corrected chi connectivity index (χ2v) is 9.22. The summed E-state index contributed by atoms with van der Waals surface area (Å²) in [6, 6.07) is 19.2. The van der Waals surface area contributed by atoms with Gasteiger partial charge in [0.2, 0.25) is 0 Å². The van der Waals surface area contributed by atoms with E-state index < -0.39 is 0 Å². The first-order valence-corrected chi connectivity index (χ1v) is 11.7. The quantitative estimate of drug-likeness (QED) is 0.314. The Bertz CT molecular complexity index is 1630. The number of nitrogens with zero attached hydrogens (tertiary/aromatic N) is 4. The SMILES string of the molecule is O=c1n(CC2Cc3cc(F)ccc3O2)nc2c(-c3ccc(Cl)cc3)c(-c3ccc(Cl)cc3)cnn12. The van der Waals surface area contributed by atoms with Crippen LogP contribution >= 0.6 is 23.2 Å². The van der Waals surface area contributed by atoms with E-state index in [0.717, 1.165) is 27.8 Å². The molecule has 0 saturated carbocycles. The summed E-state index contributed by atoms with van der Waals surface area (Å²) in [5.41, 5.74) is 4.06. The molecule has 6 nitrogen and oxygen atoms in total. The number of halogens is 3. The minimum atomic E-state index is -0.386. The van der Waals surface area contributed by atoms with Crippen LogP contribution in [0.5, 0.6) is 5.75 Å². The number of hydrogen-bond donors (Lipinski definition) is 0. The van der Waals surface area contributed by atoms with Crippen molar-refractivity contribution in [1.29, 1.82) is 0 Å². The van der Waals surface area contributed by atoms with Gasteiger partial charge in [-0.2, -0.15) is 9.61 Å². The number of hydrogen-bond acceptors (Lipinski definition) is 4. The van der Waals surface area contributed by atoms with E-state index in [-0.39, 0.29) is 24.2 Å². The van der Waals surface area contributed by atoms with E-state index >= 15 is 0 Å². The lowest BCUT2D eigenvalue weighted by molar-refractivity contribution is 0.201. The number of fused-ring (bicyclic) bond motifs is 2. The molecule has 2 aromatic heterocycles. The van der Waals surface area contributed by atoms with E-state index in [4.69, 9.17) is 27.9 Å². The molecule has 1 unspecified atom stereocenters. The van der Waals surface area contributed by atoms with Crippen LogP contribution in [0.3, 0.4) is 0 Å². The summed E-state index contributed by atoms with van der Waals surface area (Å²) < 4.78 is 22.2. The summed E-state index contributed by atoms with van der Waals surface area (Å²) >= 11 is 12.2. The van der Waals surface area contributed by atoms with Crippen LogP contribution in [0.2, 0.25) is 10.0 Å². The van der Waals surface area contributed by atoms with Gasteiger partial charge in [0.1, 0.15) is 17.7 Å². The van der Waals surface area contributed by atoms with Crippen molar-refractivity contribution in [2.24, 2.45) is 0 Å². The molecule has 0 spiro atoms. The molecule has 0 N–H and O–H groups in total. The Morgan fingerprint density at radius 3 is 2.37 bits per heavy atom. The van der Waals surface area contributed by atoms with Crippen LogP contribution in [-0.4, -0.2) is 25.5 Å². The Labute approximate surface area is 209 Å². The minimum absolute atomic E-state index is 0.203. The average molecular weight is 507 g/mol. The van der Waals surface area contributed by atoms with Gasteiger partial charge >= 0.3 is 5.69 Å². The third-order valence-electron chi connectivity index (χ3n) is 6.04. The lowest BCUT2D eigenvalue weighted by Crippen LogP contribution is -2.30. The summed E-state index contributed by atoms with van der Waals surface area (Å²) in [6.07, 6.45) is 1.79. The van der Waals surface area contributed by atoms with Crippen molar-refractivity contribution in [3.05, 3.63) is 105 Å². The first-order valence-electron chi connectivity index (χ1n) is 10.9. The van der Waals surface area contributed by atoms with Gasteiger partial charge in [0, 0.05) is 33.2 Å². The highest BCUT2D eigenvalue weighted by atomic mass is 35.5. The Kier molecular flexibility index (Phi) is 5.31. The van der Waals surface area contributed by atoms with Crippen LogP contribution in [0.15, 0.2) is 77.7 Å². The summed E-state index contributed by atoms with van der Waals surface area (Å²) in [5.74, 6) is 0.308. The van der Waals surface area contributed by atoms with Crippen LogP contribution < -0.4 is 10.4 Å². The molecule has 0 radical (unpaired) electrons. The van der Waals surface area contributed by atoms with E-state index in [1.807, 2.05) is 24.3 Å². The maximum atomic E-state index is 13.6. The van der Waals surface area contributed by atoms with E-state index in [9.17, 15) is 9.18 Å². The highest BCUT2D eigenvalue weighted by Crippen LogP contribution is 2.35. The van der Waals surface area contributed by atoms with Gasteiger partial charge in [-0.05, 0) is 53.6 Å². The summed E-state index contributed by atoms with van der Waals surface area (Å²) in [4.78, 5) is 13.2. The number of benzene rings is 3. The third kappa shape index (κ3) is 3.96. The van der Waals surface area contributed by atoms with Gasteiger partial charge in [-0.3, -0.25) is 0 Å². The molecule has 3 aromatic carbocycles. The van der Waals surface area contributed by atoms with Gasteiger partial charge in [0.25, 0.3) is 0 Å². The Morgan fingerprint density at radius 1 is 0.971 bits per heavy atom. The number of rotatable bonds is 4. The summed E-state index contributed by atoms with van der Waals surface area (Å²) in [5, 5.41) is 10.3. The maximum absolute atomic E-state index is 13.6. The van der Waals surface area contributed by atoms with E-state index in [2.05, 4.69) is 10.2 Å². The molecule has 5 aromatic rings. The fourth-order valence-electron chi connectivity index (χ4n) is 4.41. The zero-order chi connectivity index (χ0) is 24.1. The Morgan fingerprint density at radius 2 is 1.66 bits per heavy atom. The first-order chi connectivity index (χ1) is 17.0. The molecule has 1 aliphatic heterocycles. The normalized spacial score (nSPS) is 14.8. The van der Waals surface area contributed by atoms with Crippen molar-refractivity contribution in [3.63, 3.8) is 0 Å². The van der Waals surface area contributed by atoms with Gasteiger partial charge in [-0.25, -0.2) is 13.9 Å². The van der Waals surface area contributed by atoms with Gasteiger partial charge < -0.3 is 4.74 Å². The maximum Gasteiger partial charge on any atom is 0.367 e. The van der Waals surface area contributed by atoms with Crippen LogP contribution in [0.25, 0.3) is 27.9 Å². The number of aromatic nitrogens is 4. The van der Waals surface area contributed by atoms with Crippen molar-refractivity contribution >= 4 is 28.8 Å². The van der Waals surface area contributed by atoms with Crippen molar-refractivity contribution < 1.29 is 9.13 Å². The lowest BCUT2D eigenvalue weighted by atomic mass is 9.97. The topological polar surface area (TPSA) is 61.4 Å². The van der Waals surface area contributed by atoms with Crippen LogP contribution in [-0.2, 0) is 13.0 Å². The molecule has 0 amide bonds. The standard InChI is InChI=1S/C26H17Cl2FN4O2/c27-18-5-1-15(2-6-18)22-13-30-33-25(24(22)16-3-7-19(28)8-4-16)31-32(26(33)34)14-21-12-17-11-20(29)9-10-23(17)35-21/h1-11,13,21H,12,14H2. The molecule has 9 heteroatoms. The molecule has 174 valence electrons. The second kappa shape index (κ2) is 8.52. The fraction of sp³-hybridized carbons (Fsp3) is 0.115. The zero-order valence-corrected chi connectivity index (χ0v) is 19.7. The molecule has 0 bridgehead atoms. The highest BCUT2D eigenvalue weighted by molar-refractivity contribution is 6.31. The molecular weight excluding hydrogens is 490 g/mol. The molecule has 1 atom stereocenters. The summed E-state index contributed by atoms with van der Waals surface area (Å²) in [7, 11) is 0. The smallest absolute Gasteiger partial charge is 0.367 e. The van der Waals surface area contributed by atoms with Gasteiger partial charge in [0.15, 0.2) is 5.65 Å². The molecule has 1 aliphatic rings. The van der Waals surface area contributed by atoms with Crippen LogP contribution in [0, 0.1) is 5.82 Å². The minimum Gasteiger partial charge on any atom is -0.488 e. The Hall–Kier alpha value is -3.68. The largest absolute Gasteiger partial charge is 0.488 e. The third-order valence-corrected chi connectivity index (χ3v) is 6.55. The molecule has 6 rings (SSSR count). The van der Waals surface area contributed by atoms with Crippen LogP contribution in [0.4, 0.5) is 4.39 Å². The van der Waals surface area contributed by atoms with E-state index in [0.29, 0.717) is 27.9 Å². The fourth-order valence-corrected chi connectivity index (χ4v) is 4.66. The molecule has 0 saturated heterocycles. The van der Waals surface area contributed by atoms with E-state index in [1.54, 1.807) is 36.5 Å². The van der Waals surface area contributed by atoms with Crippen molar-refractivity contribution in [1.82, 2.24) is 19.4 Å². The predicted octanol–water partition coefficient (Wildman–Crippen LogP) is 5.67. The predicted molar refractivity (Wildman–Crippen MR) is 133 cm³/mol. The summed E-state index contributed by atoms with van der Waals surface area (Å²) in [6.45, 7) is 0.203. The number of ether oxygens (including phenoxy) is 1. The Balaban J connectivity index is 1.46. The van der Waals surface area contributed by atoms with Crippen molar-refractivity contribution in [2.45, 2.75) is 19.1 Å². The van der Waals surface area contributed by atoms with Gasteiger partial charge in [-0.15, -0.1) is 5.10 Å². The molecule has 3 heterocycles. The lowest BCUT2D eigenvalue weighted by Gasteiger charge is -2.11. The van der Waals surface area contributed by atoms with E-state index in [1.165, 1.54) is 21.3 Å². The second-order valence-electron chi connectivity index (χ2n) is 8.34. The molecule has 0 aliphatic carbocycles. The van der Waals surface area contributed by atoms with Crippen molar-refractivity contribution in [3.8, 4) is 28.0 Å². The van der Waals surface area contributed by atoms with Gasteiger partial charge in [0.05, 0.1) is 12.7 Å². The zero-order valence-electron chi connectivity index (χ0n) is 18.2. The van der Waals surface area contributed by atoms with Crippen LogP contribution in [0.1, 0.15) is 5.56 Å².